The van der Waals surface area contributed by atoms with Crippen LogP contribution in [0.4, 0.5) is 0 Å². The lowest BCUT2D eigenvalue weighted by molar-refractivity contribution is 0.240. The Balaban J connectivity index is 1.78. The van der Waals surface area contributed by atoms with Crippen LogP contribution in [-0.2, 0) is 20.0 Å². The largest absolute Gasteiger partial charge is 0.491 e. The van der Waals surface area contributed by atoms with Crippen LogP contribution in [0.2, 0.25) is 0 Å². The summed E-state index contributed by atoms with van der Waals surface area (Å²) in [4.78, 5) is 0.418. The van der Waals surface area contributed by atoms with Crippen LogP contribution in [0.15, 0.2) is 52.3 Å². The maximum Gasteiger partial charge on any atom is 0.243 e. The molecule has 0 saturated carbocycles. The predicted molar refractivity (Wildman–Crippen MR) is 120 cm³/mol. The second-order valence-corrected chi connectivity index (χ2v) is 11.9. The zero-order chi connectivity index (χ0) is 22.8. The van der Waals surface area contributed by atoms with Gasteiger partial charge >= 0.3 is 0 Å². The number of benzene rings is 2. The molecule has 0 spiro atoms. The first-order valence-corrected chi connectivity index (χ1v) is 13.2. The lowest BCUT2D eigenvalue weighted by Gasteiger charge is -2.22. The van der Waals surface area contributed by atoms with E-state index in [-0.39, 0.29) is 42.1 Å². The highest BCUT2D eigenvalue weighted by atomic mass is 32.2. The van der Waals surface area contributed by atoms with Crippen molar-refractivity contribution in [3.05, 3.63) is 53.6 Å². The van der Waals surface area contributed by atoms with Crippen molar-refractivity contribution < 1.29 is 21.6 Å². The number of nitrogens with zero attached hydrogens (tertiary/aromatic N) is 2. The zero-order valence-electron chi connectivity index (χ0n) is 18.4. The van der Waals surface area contributed by atoms with Crippen molar-refractivity contribution in [1.82, 2.24) is 8.61 Å². The maximum atomic E-state index is 13.2. The minimum absolute atomic E-state index is 0.00627. The molecule has 1 aliphatic heterocycles. The van der Waals surface area contributed by atoms with Gasteiger partial charge in [0, 0.05) is 26.2 Å². The van der Waals surface area contributed by atoms with Gasteiger partial charge in [-0.2, -0.15) is 8.61 Å². The molecule has 0 unspecified atom stereocenters. The third-order valence-corrected chi connectivity index (χ3v) is 9.03. The van der Waals surface area contributed by atoms with Crippen LogP contribution in [0.3, 0.4) is 0 Å². The van der Waals surface area contributed by atoms with Gasteiger partial charge in [0.2, 0.25) is 20.0 Å². The van der Waals surface area contributed by atoms with Crippen molar-refractivity contribution in [2.24, 2.45) is 0 Å². The molecule has 0 radical (unpaired) electrons. The SMILES string of the molecule is Cc1ccc(S(=O)(=O)N2CCCN(S(=O)(=O)c3ccc(OC(C)C)c(C)c3)CC2)cc1. The Hall–Kier alpha value is -1.94. The van der Waals surface area contributed by atoms with E-state index in [0.29, 0.717) is 12.2 Å². The third-order valence-electron chi connectivity index (χ3n) is 5.22. The standard InChI is InChI=1S/C22H30N2O5S2/c1-17(2)29-22-11-10-21(16-19(22)4)31(27,28)24-13-5-12-23(14-15-24)30(25,26)20-8-6-18(3)7-9-20/h6-11,16-17H,5,12-15H2,1-4H3. The molecule has 2 aromatic carbocycles. The summed E-state index contributed by atoms with van der Waals surface area (Å²) in [5.74, 6) is 0.653. The molecular formula is C22H30N2O5S2. The Morgan fingerprint density at radius 1 is 0.774 bits per heavy atom. The fraction of sp³-hybridized carbons (Fsp3) is 0.455. The summed E-state index contributed by atoms with van der Waals surface area (Å²) in [6.45, 7) is 8.31. The monoisotopic (exact) mass is 466 g/mol. The molecule has 9 heteroatoms. The summed E-state index contributed by atoms with van der Waals surface area (Å²) < 4.78 is 60.8. The Morgan fingerprint density at radius 3 is 1.81 bits per heavy atom. The molecule has 0 amide bonds. The van der Waals surface area contributed by atoms with Gasteiger partial charge in [-0.15, -0.1) is 0 Å². The molecule has 1 heterocycles. The average molecular weight is 467 g/mol. The minimum atomic E-state index is -3.74. The lowest BCUT2D eigenvalue weighted by Crippen LogP contribution is -2.37. The van der Waals surface area contributed by atoms with Crippen molar-refractivity contribution in [2.45, 2.75) is 50.0 Å². The highest BCUT2D eigenvalue weighted by molar-refractivity contribution is 7.89. The molecule has 2 aromatic rings. The highest BCUT2D eigenvalue weighted by Gasteiger charge is 2.32. The summed E-state index contributed by atoms with van der Waals surface area (Å²) in [5, 5.41) is 0. The molecule has 1 saturated heterocycles. The van der Waals surface area contributed by atoms with Gasteiger partial charge in [-0.3, -0.25) is 0 Å². The number of ether oxygens (including phenoxy) is 1. The maximum absolute atomic E-state index is 13.2. The number of aryl methyl sites for hydroxylation is 2. The molecule has 0 atom stereocenters. The molecule has 3 rings (SSSR count). The van der Waals surface area contributed by atoms with E-state index in [1.165, 1.54) is 8.61 Å². The quantitative estimate of drug-likeness (QED) is 0.653. The van der Waals surface area contributed by atoms with Crippen molar-refractivity contribution in [1.29, 1.82) is 0 Å². The molecule has 1 fully saturated rings. The second kappa shape index (κ2) is 9.28. The van der Waals surface area contributed by atoms with Crippen LogP contribution in [0.5, 0.6) is 5.75 Å². The number of hydrogen-bond donors (Lipinski definition) is 0. The zero-order valence-corrected chi connectivity index (χ0v) is 20.0. The smallest absolute Gasteiger partial charge is 0.243 e. The van der Waals surface area contributed by atoms with E-state index in [0.717, 1.165) is 11.1 Å². The fourth-order valence-corrected chi connectivity index (χ4v) is 6.55. The van der Waals surface area contributed by atoms with Crippen LogP contribution in [-0.4, -0.2) is 57.7 Å². The Morgan fingerprint density at radius 2 is 1.29 bits per heavy atom. The van der Waals surface area contributed by atoms with Crippen LogP contribution in [0, 0.1) is 13.8 Å². The fourth-order valence-electron chi connectivity index (χ4n) is 3.53. The summed E-state index contributed by atoms with van der Waals surface area (Å²) in [5.41, 5.74) is 1.72. The number of rotatable bonds is 6. The molecule has 0 bridgehead atoms. The van der Waals surface area contributed by atoms with Gasteiger partial charge in [-0.05, 0) is 70.0 Å². The summed E-state index contributed by atoms with van der Waals surface area (Å²) in [6.07, 6.45) is 0.422. The van der Waals surface area contributed by atoms with Gasteiger partial charge in [0.25, 0.3) is 0 Å². The van der Waals surface area contributed by atoms with Crippen LogP contribution in [0.1, 0.15) is 31.4 Å². The van der Waals surface area contributed by atoms with Gasteiger partial charge in [0.15, 0.2) is 0 Å². The van der Waals surface area contributed by atoms with Crippen molar-refractivity contribution >= 4 is 20.0 Å². The normalized spacial score (nSPS) is 16.9. The Labute approximate surface area is 185 Å². The molecule has 0 aliphatic carbocycles. The molecule has 0 N–H and O–H groups in total. The van der Waals surface area contributed by atoms with Crippen molar-refractivity contribution in [3.8, 4) is 5.75 Å². The predicted octanol–water partition coefficient (Wildman–Crippen LogP) is 3.18. The molecular weight excluding hydrogens is 436 g/mol. The summed E-state index contributed by atoms with van der Waals surface area (Å²) in [6, 6.07) is 11.5. The van der Waals surface area contributed by atoms with E-state index < -0.39 is 20.0 Å². The van der Waals surface area contributed by atoms with E-state index in [4.69, 9.17) is 4.74 Å². The minimum Gasteiger partial charge on any atom is -0.491 e. The molecule has 170 valence electrons. The van der Waals surface area contributed by atoms with Crippen molar-refractivity contribution in [2.75, 3.05) is 26.2 Å². The molecule has 31 heavy (non-hydrogen) atoms. The van der Waals surface area contributed by atoms with E-state index in [9.17, 15) is 16.8 Å². The van der Waals surface area contributed by atoms with E-state index >= 15 is 0 Å². The number of hydrogen-bond acceptors (Lipinski definition) is 5. The van der Waals surface area contributed by atoms with Gasteiger partial charge in [0.1, 0.15) is 5.75 Å². The van der Waals surface area contributed by atoms with Gasteiger partial charge in [-0.25, -0.2) is 16.8 Å². The first-order chi connectivity index (χ1) is 14.5. The van der Waals surface area contributed by atoms with E-state index in [2.05, 4.69) is 0 Å². The van der Waals surface area contributed by atoms with E-state index in [1.54, 1.807) is 42.5 Å². The Bertz CT molecular complexity index is 1130. The first kappa shape index (κ1) is 23.7. The molecule has 1 aliphatic rings. The summed E-state index contributed by atoms with van der Waals surface area (Å²) >= 11 is 0. The van der Waals surface area contributed by atoms with Gasteiger partial charge < -0.3 is 4.74 Å². The van der Waals surface area contributed by atoms with Gasteiger partial charge in [0.05, 0.1) is 15.9 Å². The van der Waals surface area contributed by atoms with E-state index in [1.807, 2.05) is 27.7 Å². The highest BCUT2D eigenvalue weighted by Crippen LogP contribution is 2.26. The molecule has 7 nitrogen and oxygen atoms in total. The third kappa shape index (κ3) is 5.28. The summed E-state index contributed by atoms with van der Waals surface area (Å²) in [7, 11) is -7.40. The lowest BCUT2D eigenvalue weighted by atomic mass is 10.2. The number of sulfonamides is 2. The van der Waals surface area contributed by atoms with Crippen LogP contribution in [0.25, 0.3) is 0 Å². The van der Waals surface area contributed by atoms with Gasteiger partial charge in [-0.1, -0.05) is 17.7 Å². The topological polar surface area (TPSA) is 84.0 Å². The van der Waals surface area contributed by atoms with Crippen LogP contribution < -0.4 is 4.74 Å². The molecule has 0 aromatic heterocycles. The Kier molecular flexibility index (Phi) is 7.10. The average Bonchev–Trinajstić information content (AvgIpc) is 2.97. The van der Waals surface area contributed by atoms with Crippen molar-refractivity contribution in [3.63, 3.8) is 0 Å². The first-order valence-electron chi connectivity index (χ1n) is 10.4. The second-order valence-electron chi connectivity index (χ2n) is 8.07. The van der Waals surface area contributed by atoms with Crippen LogP contribution >= 0.6 is 0 Å².